The molecule has 2 aromatic carbocycles. The van der Waals surface area contributed by atoms with E-state index in [4.69, 9.17) is 39.4 Å². The van der Waals surface area contributed by atoms with Gasteiger partial charge in [-0.1, -0.05) is 47.5 Å². The van der Waals surface area contributed by atoms with Crippen molar-refractivity contribution in [2.45, 2.75) is 25.5 Å². The summed E-state index contributed by atoms with van der Waals surface area (Å²) in [4.78, 5) is 18.8. The number of nitrogen functional groups attached to an aromatic ring is 1. The van der Waals surface area contributed by atoms with Gasteiger partial charge in [0.1, 0.15) is 11.9 Å². The number of benzene rings is 2. The van der Waals surface area contributed by atoms with Gasteiger partial charge in [-0.15, -0.1) is 0 Å². The molecule has 3 aromatic rings. The van der Waals surface area contributed by atoms with Crippen LogP contribution in [0.4, 0.5) is 10.2 Å². The van der Waals surface area contributed by atoms with Crippen LogP contribution in [0.15, 0.2) is 48.7 Å². The molecular formula is C26H25Cl2FN4O2. The number of carbonyl (C=O) groups is 1. The van der Waals surface area contributed by atoms with E-state index in [0.717, 1.165) is 29.8 Å². The molecule has 1 saturated heterocycles. The molecule has 0 radical (unpaired) electrons. The van der Waals surface area contributed by atoms with Crippen LogP contribution in [-0.2, 0) is 11.2 Å². The summed E-state index contributed by atoms with van der Waals surface area (Å²) >= 11 is 12.3. The van der Waals surface area contributed by atoms with Crippen molar-refractivity contribution in [2.75, 3.05) is 18.8 Å². The molecule has 5 rings (SSSR count). The smallest absolute Gasteiger partial charge is 0.227 e. The van der Waals surface area contributed by atoms with Crippen molar-refractivity contribution in [2.24, 2.45) is 17.6 Å². The summed E-state index contributed by atoms with van der Waals surface area (Å²) in [6.45, 7) is 3.25. The lowest BCUT2D eigenvalue weighted by Crippen LogP contribution is -2.34. The van der Waals surface area contributed by atoms with Gasteiger partial charge in [-0.05, 0) is 48.1 Å². The highest BCUT2D eigenvalue weighted by atomic mass is 35.5. The number of nitrogens with two attached hydrogens (primary N) is 2. The summed E-state index contributed by atoms with van der Waals surface area (Å²) < 4.78 is 19.9. The minimum absolute atomic E-state index is 0.0911. The number of carbonyl (C=O) groups excluding carboxylic acids is 1. The van der Waals surface area contributed by atoms with E-state index in [-0.39, 0.29) is 22.8 Å². The van der Waals surface area contributed by atoms with Crippen LogP contribution in [0.2, 0.25) is 10.0 Å². The number of pyridine rings is 1. The van der Waals surface area contributed by atoms with Gasteiger partial charge in [0.15, 0.2) is 11.6 Å². The van der Waals surface area contributed by atoms with E-state index < -0.39 is 11.9 Å². The number of likely N-dealkylation sites (tertiary alicyclic amines) is 1. The summed E-state index contributed by atoms with van der Waals surface area (Å²) in [5.41, 5.74) is 14.9. The number of fused-ring (bicyclic) bond motifs is 1. The quantitative estimate of drug-likeness (QED) is 0.457. The number of hydrogen-bond acceptors (Lipinski definition) is 5. The Kier molecular flexibility index (Phi) is 6.34. The number of aromatic nitrogens is 1. The maximum Gasteiger partial charge on any atom is 0.227 e. The molecule has 0 spiro atoms. The summed E-state index contributed by atoms with van der Waals surface area (Å²) in [5, 5.41) is 0.206. The first-order chi connectivity index (χ1) is 16.7. The first-order valence-electron chi connectivity index (χ1n) is 11.4. The fraction of sp³-hybridized carbons (Fsp3) is 0.308. The van der Waals surface area contributed by atoms with Gasteiger partial charge in [-0.25, -0.2) is 9.37 Å². The monoisotopic (exact) mass is 514 g/mol. The lowest BCUT2D eigenvalue weighted by atomic mass is 10.0. The van der Waals surface area contributed by atoms with Gasteiger partial charge in [-0.2, -0.15) is 0 Å². The molecule has 3 unspecified atom stereocenters. The summed E-state index contributed by atoms with van der Waals surface area (Å²) in [6, 6.07) is 12.4. The molecule has 1 saturated carbocycles. The third-order valence-corrected chi connectivity index (χ3v) is 7.64. The Morgan fingerprint density at radius 2 is 1.86 bits per heavy atom. The Morgan fingerprint density at radius 1 is 1.17 bits per heavy atom. The molecule has 1 aliphatic heterocycles. The maximum atomic E-state index is 13.9. The van der Waals surface area contributed by atoms with Crippen LogP contribution in [-0.4, -0.2) is 34.9 Å². The van der Waals surface area contributed by atoms with Crippen molar-refractivity contribution in [3.05, 3.63) is 75.7 Å². The zero-order valence-electron chi connectivity index (χ0n) is 19.0. The minimum Gasteiger partial charge on any atom is -0.482 e. The third kappa shape index (κ3) is 4.68. The Balaban J connectivity index is 1.29. The topological polar surface area (TPSA) is 94.5 Å². The normalized spacial score (nSPS) is 21.5. The van der Waals surface area contributed by atoms with Gasteiger partial charge < -0.3 is 21.1 Å². The van der Waals surface area contributed by atoms with Crippen LogP contribution >= 0.6 is 23.2 Å². The van der Waals surface area contributed by atoms with Crippen LogP contribution in [0.25, 0.3) is 11.1 Å². The van der Waals surface area contributed by atoms with Crippen LogP contribution < -0.4 is 16.2 Å². The number of halogens is 3. The molecule has 1 amide bonds. The molecular weight excluding hydrogens is 490 g/mol. The maximum absolute atomic E-state index is 13.9. The molecule has 4 N–H and O–H groups in total. The van der Waals surface area contributed by atoms with Gasteiger partial charge in [-0.3, -0.25) is 4.79 Å². The van der Waals surface area contributed by atoms with Gasteiger partial charge in [0.25, 0.3) is 0 Å². The fourth-order valence-corrected chi connectivity index (χ4v) is 5.43. The van der Waals surface area contributed by atoms with E-state index in [0.29, 0.717) is 34.6 Å². The highest BCUT2D eigenvalue weighted by Crippen LogP contribution is 2.44. The molecule has 35 heavy (non-hydrogen) atoms. The molecule has 1 aromatic heterocycles. The second kappa shape index (κ2) is 9.30. The zero-order chi connectivity index (χ0) is 24.9. The predicted octanol–water partition coefficient (Wildman–Crippen LogP) is 4.87. The van der Waals surface area contributed by atoms with Gasteiger partial charge >= 0.3 is 0 Å². The van der Waals surface area contributed by atoms with Crippen molar-refractivity contribution < 1.29 is 13.9 Å². The van der Waals surface area contributed by atoms with Crippen molar-refractivity contribution >= 4 is 34.9 Å². The van der Waals surface area contributed by atoms with E-state index in [2.05, 4.69) is 4.98 Å². The first kappa shape index (κ1) is 23.9. The van der Waals surface area contributed by atoms with E-state index in [9.17, 15) is 9.18 Å². The second-order valence-electron chi connectivity index (χ2n) is 9.20. The van der Waals surface area contributed by atoms with Crippen molar-refractivity contribution in [3.63, 3.8) is 0 Å². The SMILES string of the molecule is CC(Oc1cc(-c2ccc(CC(=O)N3CC4C(N)C4C3)cc2)cnc1N)c1c(Cl)ccc(F)c1Cl. The summed E-state index contributed by atoms with van der Waals surface area (Å²) in [5.74, 6) is 1.03. The number of piperidine rings is 1. The van der Waals surface area contributed by atoms with Crippen LogP contribution in [0.5, 0.6) is 5.75 Å². The van der Waals surface area contributed by atoms with E-state index in [1.807, 2.05) is 29.2 Å². The molecule has 1 aliphatic carbocycles. The summed E-state index contributed by atoms with van der Waals surface area (Å²) in [7, 11) is 0. The number of nitrogens with zero attached hydrogens (tertiary/aromatic N) is 2. The first-order valence-corrected chi connectivity index (χ1v) is 12.2. The van der Waals surface area contributed by atoms with Crippen LogP contribution in [0.3, 0.4) is 0 Å². The highest BCUT2D eigenvalue weighted by Gasteiger charge is 2.54. The molecule has 182 valence electrons. The average molecular weight is 515 g/mol. The number of anilines is 1. The predicted molar refractivity (Wildman–Crippen MR) is 135 cm³/mol. The van der Waals surface area contributed by atoms with E-state index >= 15 is 0 Å². The second-order valence-corrected chi connectivity index (χ2v) is 9.99. The van der Waals surface area contributed by atoms with E-state index in [1.54, 1.807) is 19.2 Å². The minimum atomic E-state index is -0.662. The standard InChI is InChI=1S/C26H25Cl2FN4O2/c1-13(23-19(27)6-7-20(29)24(23)28)35-21-9-16(10-32-26(21)31)15-4-2-14(3-5-15)8-22(34)33-11-17-18(12-33)25(17)30/h2-7,9-10,13,17-18,25H,8,11-12,30H2,1H3,(H2,31,32). The summed E-state index contributed by atoms with van der Waals surface area (Å²) in [6.07, 6.45) is 1.34. The number of ether oxygens (including phenoxy) is 1. The lowest BCUT2D eigenvalue weighted by Gasteiger charge is -2.19. The number of rotatable bonds is 6. The zero-order valence-corrected chi connectivity index (χ0v) is 20.6. The van der Waals surface area contributed by atoms with Gasteiger partial charge in [0.2, 0.25) is 5.91 Å². The number of amides is 1. The Hall–Kier alpha value is -2.87. The third-order valence-electron chi connectivity index (χ3n) is 6.93. The molecule has 0 bridgehead atoms. The number of hydrogen-bond donors (Lipinski definition) is 2. The van der Waals surface area contributed by atoms with Crippen LogP contribution in [0.1, 0.15) is 24.2 Å². The fourth-order valence-electron chi connectivity index (χ4n) is 4.75. The van der Waals surface area contributed by atoms with Gasteiger partial charge in [0, 0.05) is 41.5 Å². The Labute approximate surface area is 213 Å². The molecule has 3 atom stereocenters. The molecule has 9 heteroatoms. The largest absolute Gasteiger partial charge is 0.482 e. The molecule has 2 heterocycles. The highest BCUT2D eigenvalue weighted by molar-refractivity contribution is 6.36. The molecule has 2 fully saturated rings. The van der Waals surface area contributed by atoms with Crippen molar-refractivity contribution in [1.82, 2.24) is 9.88 Å². The molecule has 2 aliphatic rings. The van der Waals surface area contributed by atoms with Gasteiger partial charge in [0.05, 0.1) is 11.4 Å². The van der Waals surface area contributed by atoms with Crippen molar-refractivity contribution in [1.29, 1.82) is 0 Å². The molecule has 6 nitrogen and oxygen atoms in total. The lowest BCUT2D eigenvalue weighted by molar-refractivity contribution is -0.129. The van der Waals surface area contributed by atoms with Crippen molar-refractivity contribution in [3.8, 4) is 16.9 Å². The Bertz CT molecular complexity index is 1280. The van der Waals surface area contributed by atoms with E-state index in [1.165, 1.54) is 12.1 Å². The average Bonchev–Trinajstić information content (AvgIpc) is 3.22. The Morgan fingerprint density at radius 3 is 2.54 bits per heavy atom. The van der Waals surface area contributed by atoms with Crippen LogP contribution in [0, 0.1) is 17.7 Å².